The van der Waals surface area contributed by atoms with Crippen molar-refractivity contribution in [3.8, 4) is 0 Å². The van der Waals surface area contributed by atoms with Crippen molar-refractivity contribution in [2.45, 2.75) is 6.42 Å². The van der Waals surface area contributed by atoms with E-state index in [4.69, 9.17) is 0 Å². The van der Waals surface area contributed by atoms with Crippen molar-refractivity contribution < 1.29 is 0 Å². The molecule has 1 rings (SSSR count). The Morgan fingerprint density at radius 1 is 1.42 bits per heavy atom. The Morgan fingerprint density at radius 3 is 2.83 bits per heavy atom. The van der Waals surface area contributed by atoms with Gasteiger partial charge in [0.05, 0.1) is 0 Å². The summed E-state index contributed by atoms with van der Waals surface area (Å²) in [5, 5.41) is 2.57. The van der Waals surface area contributed by atoms with E-state index < -0.39 is 0 Å². The second-order valence-electron chi connectivity index (χ2n) is 2.34. The van der Waals surface area contributed by atoms with Gasteiger partial charge in [0.2, 0.25) is 0 Å². The van der Waals surface area contributed by atoms with Crippen LogP contribution in [0.2, 0.25) is 0 Å². The molecule has 0 amide bonds. The average Bonchev–Trinajstić information content (AvgIpc) is 2.09. The summed E-state index contributed by atoms with van der Waals surface area (Å²) >= 11 is 3.41. The second-order valence-corrected chi connectivity index (χ2v) is 3.20. The summed E-state index contributed by atoms with van der Waals surface area (Å²) in [6, 6.07) is 7.91. The molecule has 0 aliphatic carbocycles. The molecular formula is C8H9BrN2O. The van der Waals surface area contributed by atoms with Crippen molar-refractivity contribution in [2.24, 2.45) is 5.29 Å². The minimum absolute atomic E-state index is 0.576. The van der Waals surface area contributed by atoms with E-state index in [0.29, 0.717) is 6.54 Å². The van der Waals surface area contributed by atoms with Crippen molar-refractivity contribution in [3.05, 3.63) is 39.2 Å². The summed E-state index contributed by atoms with van der Waals surface area (Å²) in [5.41, 5.74) is 3.55. The van der Waals surface area contributed by atoms with Crippen LogP contribution in [0.15, 0.2) is 34.0 Å². The zero-order valence-electron chi connectivity index (χ0n) is 6.46. The lowest BCUT2D eigenvalue weighted by atomic mass is 10.2. The molecule has 0 saturated heterocycles. The molecule has 4 heteroatoms. The third-order valence-corrected chi connectivity index (χ3v) is 2.30. The Balaban J connectivity index is 2.51. The molecule has 0 aromatic heterocycles. The van der Waals surface area contributed by atoms with E-state index in [2.05, 4.69) is 26.6 Å². The first-order valence-corrected chi connectivity index (χ1v) is 4.42. The summed E-state index contributed by atoms with van der Waals surface area (Å²) in [6.45, 7) is 0.576. The summed E-state index contributed by atoms with van der Waals surface area (Å²) in [4.78, 5) is 9.71. The first-order valence-electron chi connectivity index (χ1n) is 3.63. The Labute approximate surface area is 79.2 Å². The highest BCUT2D eigenvalue weighted by Crippen LogP contribution is 2.15. The van der Waals surface area contributed by atoms with E-state index in [0.717, 1.165) is 10.9 Å². The van der Waals surface area contributed by atoms with Crippen LogP contribution in [0.3, 0.4) is 0 Å². The monoisotopic (exact) mass is 228 g/mol. The highest BCUT2D eigenvalue weighted by Gasteiger charge is 1.96. The van der Waals surface area contributed by atoms with Crippen LogP contribution in [0.1, 0.15) is 5.56 Å². The normalized spacial score (nSPS) is 9.42. The molecular weight excluding hydrogens is 220 g/mol. The average molecular weight is 229 g/mol. The van der Waals surface area contributed by atoms with Crippen LogP contribution in [-0.4, -0.2) is 6.54 Å². The molecule has 0 radical (unpaired) electrons. The molecule has 0 saturated carbocycles. The lowest BCUT2D eigenvalue weighted by Crippen LogP contribution is -2.08. The molecule has 0 aliphatic rings. The lowest BCUT2D eigenvalue weighted by molar-refractivity contribution is 0.723. The van der Waals surface area contributed by atoms with Crippen molar-refractivity contribution in [3.63, 3.8) is 0 Å². The number of nitrogens with one attached hydrogen (secondary N) is 1. The van der Waals surface area contributed by atoms with Gasteiger partial charge in [-0.3, -0.25) is 5.43 Å². The van der Waals surface area contributed by atoms with Crippen molar-refractivity contribution in [1.82, 2.24) is 5.43 Å². The van der Waals surface area contributed by atoms with Crippen LogP contribution in [0.4, 0.5) is 0 Å². The van der Waals surface area contributed by atoms with Gasteiger partial charge in [0.25, 0.3) is 0 Å². The van der Waals surface area contributed by atoms with Gasteiger partial charge < -0.3 is 0 Å². The maximum absolute atomic E-state index is 9.71. The molecule has 64 valence electrons. The molecule has 0 heterocycles. The quantitative estimate of drug-likeness (QED) is 0.488. The van der Waals surface area contributed by atoms with Gasteiger partial charge in [-0.25, -0.2) is 0 Å². The molecule has 0 atom stereocenters. The number of nitroso groups, excluding NO2 is 1. The van der Waals surface area contributed by atoms with Crippen LogP contribution in [0.25, 0.3) is 0 Å². The van der Waals surface area contributed by atoms with Gasteiger partial charge in [-0.2, -0.15) is 0 Å². The van der Waals surface area contributed by atoms with Crippen LogP contribution < -0.4 is 5.43 Å². The number of halogens is 1. The molecule has 1 aromatic rings. The van der Waals surface area contributed by atoms with Crippen molar-refractivity contribution in [1.29, 1.82) is 0 Å². The van der Waals surface area contributed by atoms with E-state index in [1.165, 1.54) is 5.56 Å². The minimum atomic E-state index is 0.576. The molecule has 0 aliphatic heterocycles. The molecule has 0 spiro atoms. The maximum atomic E-state index is 9.71. The maximum Gasteiger partial charge on any atom is 0.0496 e. The fraction of sp³-hybridized carbons (Fsp3) is 0.250. The first-order chi connectivity index (χ1) is 5.84. The second kappa shape index (κ2) is 4.87. The summed E-state index contributed by atoms with van der Waals surface area (Å²) in [6.07, 6.45) is 0.799. The van der Waals surface area contributed by atoms with Gasteiger partial charge in [0.1, 0.15) is 0 Å². The van der Waals surface area contributed by atoms with E-state index >= 15 is 0 Å². The predicted molar refractivity (Wildman–Crippen MR) is 51.6 cm³/mol. The van der Waals surface area contributed by atoms with Crippen LogP contribution in [0.5, 0.6) is 0 Å². The SMILES string of the molecule is O=NNCCc1ccccc1Br. The highest BCUT2D eigenvalue weighted by molar-refractivity contribution is 9.10. The first kappa shape index (κ1) is 9.19. The highest BCUT2D eigenvalue weighted by atomic mass is 79.9. The van der Waals surface area contributed by atoms with Crippen LogP contribution >= 0.6 is 15.9 Å². The molecule has 1 N–H and O–H groups in total. The molecule has 0 unspecified atom stereocenters. The topological polar surface area (TPSA) is 41.5 Å². The van der Waals surface area contributed by atoms with Gasteiger partial charge in [0.15, 0.2) is 0 Å². The van der Waals surface area contributed by atoms with Gasteiger partial charge >= 0.3 is 0 Å². The van der Waals surface area contributed by atoms with Crippen molar-refractivity contribution in [2.75, 3.05) is 6.54 Å². The standard InChI is InChI=1S/C8H9BrN2O/c9-8-4-2-1-3-7(8)5-6-10-11-12/h1-4H,5-6H2,(H,10,12). The van der Waals surface area contributed by atoms with E-state index in [1.54, 1.807) is 0 Å². The Morgan fingerprint density at radius 2 is 2.17 bits per heavy atom. The largest absolute Gasteiger partial charge is 0.273 e. The third-order valence-electron chi connectivity index (χ3n) is 1.53. The van der Waals surface area contributed by atoms with E-state index in [1.807, 2.05) is 24.3 Å². The van der Waals surface area contributed by atoms with Crippen LogP contribution in [0, 0.1) is 4.91 Å². The molecule has 3 nitrogen and oxygen atoms in total. The fourth-order valence-electron chi connectivity index (χ4n) is 0.937. The number of benzene rings is 1. The van der Waals surface area contributed by atoms with Crippen LogP contribution in [-0.2, 0) is 6.42 Å². The summed E-state index contributed by atoms with van der Waals surface area (Å²) < 4.78 is 1.07. The number of rotatable bonds is 4. The third kappa shape index (κ3) is 2.62. The summed E-state index contributed by atoms with van der Waals surface area (Å²) in [7, 11) is 0. The number of hydrogen-bond acceptors (Lipinski definition) is 2. The Hall–Kier alpha value is -0.900. The van der Waals surface area contributed by atoms with Gasteiger partial charge in [-0.05, 0) is 18.1 Å². The Kier molecular flexibility index (Phi) is 3.73. The molecule has 1 aromatic carbocycles. The van der Waals surface area contributed by atoms with Crippen molar-refractivity contribution >= 4 is 15.9 Å². The molecule has 0 bridgehead atoms. The predicted octanol–water partition coefficient (Wildman–Crippen LogP) is 2.26. The fourth-order valence-corrected chi connectivity index (χ4v) is 1.42. The zero-order valence-corrected chi connectivity index (χ0v) is 8.04. The number of hydrogen-bond donors (Lipinski definition) is 1. The molecule has 12 heavy (non-hydrogen) atoms. The lowest BCUT2D eigenvalue weighted by Gasteiger charge is -2.01. The van der Waals surface area contributed by atoms with Gasteiger partial charge in [0, 0.05) is 16.3 Å². The Bertz CT molecular complexity index is 265. The van der Waals surface area contributed by atoms with E-state index in [9.17, 15) is 4.91 Å². The smallest absolute Gasteiger partial charge is 0.0496 e. The van der Waals surface area contributed by atoms with E-state index in [-0.39, 0.29) is 0 Å². The zero-order chi connectivity index (χ0) is 8.81. The van der Waals surface area contributed by atoms with Gasteiger partial charge in [-0.1, -0.05) is 34.1 Å². The van der Waals surface area contributed by atoms with Gasteiger partial charge in [-0.15, -0.1) is 4.91 Å². The minimum Gasteiger partial charge on any atom is -0.273 e. The molecule has 0 fully saturated rings. The summed E-state index contributed by atoms with van der Waals surface area (Å²) in [5.74, 6) is 0. The number of nitrogens with zero attached hydrogens (tertiary/aromatic N) is 1.